The fourth-order valence-electron chi connectivity index (χ4n) is 2.45. The fourth-order valence-corrected chi connectivity index (χ4v) is 2.95. The zero-order valence-corrected chi connectivity index (χ0v) is 14.9. The molecule has 0 saturated carbocycles. The molecule has 7 heteroatoms. The molecule has 0 unspecified atom stereocenters. The van der Waals surface area contributed by atoms with Gasteiger partial charge in [-0.25, -0.2) is 4.79 Å². The second-order valence-corrected chi connectivity index (χ2v) is 6.10. The van der Waals surface area contributed by atoms with Gasteiger partial charge in [-0.2, -0.15) is 0 Å². The number of carbonyl (C=O) groups excluding carboxylic acids is 1. The molecule has 0 saturated heterocycles. The average molecular weight is 353 g/mol. The minimum absolute atomic E-state index is 0.217. The second-order valence-electron chi connectivity index (χ2n) is 5.33. The molecule has 2 aromatic carbocycles. The summed E-state index contributed by atoms with van der Waals surface area (Å²) in [6, 6.07) is 18.9. The van der Waals surface area contributed by atoms with Gasteiger partial charge in [0.05, 0.1) is 17.9 Å². The first-order valence-corrected chi connectivity index (χ1v) is 9.03. The minimum Gasteiger partial charge on any atom is -0.330 e. The lowest BCUT2D eigenvalue weighted by Gasteiger charge is -2.23. The van der Waals surface area contributed by atoms with E-state index in [0.29, 0.717) is 12.4 Å². The van der Waals surface area contributed by atoms with E-state index in [2.05, 4.69) is 15.5 Å². The van der Waals surface area contributed by atoms with Crippen molar-refractivity contribution < 1.29 is 4.79 Å². The highest BCUT2D eigenvalue weighted by atomic mass is 32.2. The van der Waals surface area contributed by atoms with Crippen molar-refractivity contribution in [2.24, 2.45) is 7.05 Å². The van der Waals surface area contributed by atoms with Crippen LogP contribution in [0.25, 0.3) is 0 Å². The Morgan fingerprint density at radius 1 is 1.04 bits per heavy atom. The van der Waals surface area contributed by atoms with Crippen molar-refractivity contribution in [3.8, 4) is 0 Å². The highest BCUT2D eigenvalue weighted by Gasteiger charge is 2.18. The first kappa shape index (κ1) is 17.0. The maximum atomic E-state index is 12.9. The minimum atomic E-state index is -0.217. The Hall–Kier alpha value is -2.80. The standard InChI is InChI=1S/C18H19N5OS/c1-22-16(20-21-18(22)25-2)13-19-17(24)23(14-9-5-3-6-10-14)15-11-7-4-8-12-15/h3-12H,13H2,1-2H3,(H,19,24). The lowest BCUT2D eigenvalue weighted by atomic mass is 10.2. The van der Waals surface area contributed by atoms with Crippen molar-refractivity contribution in [1.29, 1.82) is 0 Å². The van der Waals surface area contributed by atoms with Gasteiger partial charge in [0, 0.05) is 7.05 Å². The Kier molecular flexibility index (Phi) is 5.35. The van der Waals surface area contributed by atoms with E-state index in [9.17, 15) is 4.79 Å². The Morgan fingerprint density at radius 3 is 2.08 bits per heavy atom. The highest BCUT2D eigenvalue weighted by Crippen LogP contribution is 2.25. The van der Waals surface area contributed by atoms with Gasteiger partial charge in [0.1, 0.15) is 0 Å². The van der Waals surface area contributed by atoms with Gasteiger partial charge in [-0.1, -0.05) is 48.2 Å². The molecule has 1 N–H and O–H groups in total. The molecular weight excluding hydrogens is 334 g/mol. The summed E-state index contributed by atoms with van der Waals surface area (Å²) in [6.45, 7) is 0.305. The van der Waals surface area contributed by atoms with Crippen LogP contribution in [0.1, 0.15) is 5.82 Å². The average Bonchev–Trinajstić information content (AvgIpc) is 3.02. The molecule has 25 heavy (non-hydrogen) atoms. The number of nitrogens with one attached hydrogen (secondary N) is 1. The van der Waals surface area contributed by atoms with Crippen molar-refractivity contribution in [3.63, 3.8) is 0 Å². The molecule has 0 radical (unpaired) electrons. The summed E-state index contributed by atoms with van der Waals surface area (Å²) in [6.07, 6.45) is 1.94. The Morgan fingerprint density at radius 2 is 1.60 bits per heavy atom. The molecule has 128 valence electrons. The van der Waals surface area contributed by atoms with Gasteiger partial charge >= 0.3 is 6.03 Å². The maximum Gasteiger partial charge on any atom is 0.326 e. The topological polar surface area (TPSA) is 63.1 Å². The molecule has 0 spiro atoms. The molecule has 0 aliphatic rings. The number of anilines is 2. The number of urea groups is 1. The molecule has 6 nitrogen and oxygen atoms in total. The zero-order valence-electron chi connectivity index (χ0n) is 14.1. The van der Waals surface area contributed by atoms with E-state index in [1.807, 2.05) is 78.5 Å². The van der Waals surface area contributed by atoms with Gasteiger partial charge in [-0.15, -0.1) is 10.2 Å². The first-order chi connectivity index (χ1) is 12.2. The van der Waals surface area contributed by atoms with Gasteiger partial charge in [0.15, 0.2) is 11.0 Å². The molecule has 1 aromatic heterocycles. The molecular formula is C18H19N5OS. The number of nitrogens with zero attached hydrogens (tertiary/aromatic N) is 4. The zero-order chi connectivity index (χ0) is 17.6. The van der Waals surface area contributed by atoms with Crippen LogP contribution in [0.5, 0.6) is 0 Å². The number of para-hydroxylation sites is 2. The van der Waals surface area contributed by atoms with Crippen molar-refractivity contribution in [1.82, 2.24) is 20.1 Å². The molecule has 0 aliphatic carbocycles. The highest BCUT2D eigenvalue weighted by molar-refractivity contribution is 7.98. The van der Waals surface area contributed by atoms with Gasteiger partial charge in [-0.05, 0) is 30.5 Å². The number of rotatable bonds is 5. The summed E-state index contributed by atoms with van der Waals surface area (Å²) in [5.74, 6) is 0.707. The maximum absolute atomic E-state index is 12.9. The van der Waals surface area contributed by atoms with Crippen LogP contribution in [0.4, 0.5) is 16.2 Å². The number of amides is 2. The lowest BCUT2D eigenvalue weighted by Crippen LogP contribution is -2.37. The third-order valence-electron chi connectivity index (χ3n) is 3.74. The van der Waals surface area contributed by atoms with E-state index >= 15 is 0 Å². The van der Waals surface area contributed by atoms with Crippen LogP contribution in [-0.4, -0.2) is 27.1 Å². The molecule has 1 heterocycles. The van der Waals surface area contributed by atoms with Crippen LogP contribution in [-0.2, 0) is 13.6 Å². The van der Waals surface area contributed by atoms with Crippen molar-refractivity contribution in [2.75, 3.05) is 11.2 Å². The van der Waals surface area contributed by atoms with Crippen LogP contribution in [0, 0.1) is 0 Å². The van der Waals surface area contributed by atoms with Crippen LogP contribution in [0.2, 0.25) is 0 Å². The smallest absolute Gasteiger partial charge is 0.326 e. The van der Waals surface area contributed by atoms with Crippen molar-refractivity contribution in [2.45, 2.75) is 11.7 Å². The molecule has 0 bridgehead atoms. The van der Waals surface area contributed by atoms with Crippen molar-refractivity contribution in [3.05, 3.63) is 66.5 Å². The normalized spacial score (nSPS) is 10.5. The van der Waals surface area contributed by atoms with Crippen molar-refractivity contribution >= 4 is 29.2 Å². The molecule has 2 amide bonds. The summed E-state index contributed by atoms with van der Waals surface area (Å²) >= 11 is 1.52. The quantitative estimate of drug-likeness (QED) is 0.712. The van der Waals surface area contributed by atoms with E-state index in [1.165, 1.54) is 11.8 Å². The SMILES string of the molecule is CSc1nnc(CNC(=O)N(c2ccccc2)c2ccccc2)n1C. The first-order valence-electron chi connectivity index (χ1n) is 7.81. The number of benzene rings is 2. The summed E-state index contributed by atoms with van der Waals surface area (Å²) in [5.41, 5.74) is 1.60. The Balaban J connectivity index is 1.81. The number of hydrogen-bond acceptors (Lipinski definition) is 4. The van der Waals surface area contributed by atoms with Crippen LogP contribution in [0.15, 0.2) is 65.8 Å². The van der Waals surface area contributed by atoms with E-state index in [0.717, 1.165) is 16.5 Å². The van der Waals surface area contributed by atoms with Gasteiger partial charge in [0.2, 0.25) is 0 Å². The van der Waals surface area contributed by atoms with E-state index in [-0.39, 0.29) is 6.03 Å². The van der Waals surface area contributed by atoms with E-state index in [1.54, 1.807) is 4.90 Å². The van der Waals surface area contributed by atoms with Gasteiger partial charge in [0.25, 0.3) is 0 Å². The summed E-state index contributed by atoms with van der Waals surface area (Å²) in [5, 5.41) is 11.9. The number of carbonyl (C=O) groups is 1. The fraction of sp³-hybridized carbons (Fsp3) is 0.167. The van der Waals surface area contributed by atoms with Crippen LogP contribution < -0.4 is 10.2 Å². The summed E-state index contributed by atoms with van der Waals surface area (Å²) < 4.78 is 1.88. The molecule has 3 aromatic rings. The van der Waals surface area contributed by atoms with E-state index in [4.69, 9.17) is 0 Å². The van der Waals surface area contributed by atoms with E-state index < -0.39 is 0 Å². The molecule has 0 fully saturated rings. The largest absolute Gasteiger partial charge is 0.330 e. The third-order valence-corrected chi connectivity index (χ3v) is 4.46. The van der Waals surface area contributed by atoms with Gasteiger partial charge < -0.3 is 9.88 Å². The number of aromatic nitrogens is 3. The monoisotopic (exact) mass is 353 g/mol. The predicted molar refractivity (Wildman–Crippen MR) is 100 cm³/mol. The van der Waals surface area contributed by atoms with Crippen LogP contribution in [0.3, 0.4) is 0 Å². The second kappa shape index (κ2) is 7.85. The molecule has 3 rings (SSSR count). The summed E-state index contributed by atoms with van der Waals surface area (Å²) in [7, 11) is 1.89. The Labute approximate surface area is 150 Å². The predicted octanol–water partition coefficient (Wildman–Crippen LogP) is 3.58. The summed E-state index contributed by atoms with van der Waals surface area (Å²) in [4.78, 5) is 14.5. The Bertz CT molecular complexity index is 796. The lowest BCUT2D eigenvalue weighted by molar-refractivity contribution is 0.248. The molecule has 0 atom stereocenters. The van der Waals surface area contributed by atoms with Crippen LogP contribution >= 0.6 is 11.8 Å². The number of hydrogen-bond donors (Lipinski definition) is 1. The third kappa shape index (κ3) is 3.83. The number of thioether (sulfide) groups is 1. The van der Waals surface area contributed by atoms with Gasteiger partial charge in [-0.3, -0.25) is 4.90 Å². The molecule has 0 aliphatic heterocycles.